The number of nitrogens with one attached hydrogen (secondary N) is 1. The summed E-state index contributed by atoms with van der Waals surface area (Å²) in [5.74, 6) is 0.825. The molecule has 2 aromatic carbocycles. The van der Waals surface area contributed by atoms with Gasteiger partial charge in [-0.15, -0.1) is 11.3 Å². The van der Waals surface area contributed by atoms with Crippen molar-refractivity contribution in [3.05, 3.63) is 111 Å². The Morgan fingerprint density at radius 2 is 1.94 bits per heavy atom. The molecule has 0 radical (unpaired) electrons. The molecule has 47 heavy (non-hydrogen) atoms. The molecule has 4 atom stereocenters. The van der Waals surface area contributed by atoms with Crippen molar-refractivity contribution in [1.82, 2.24) is 20.0 Å². The first-order valence-electron chi connectivity index (χ1n) is 16.9. The number of benzene rings is 2. The molecule has 1 N–H and O–H groups in total. The minimum atomic E-state index is -0.279. The highest BCUT2D eigenvalue weighted by atomic mass is 32.1. The fraction of sp³-hybridized carbons (Fsp3) is 0.400. The lowest BCUT2D eigenvalue weighted by Gasteiger charge is -2.45. The molecule has 1 aliphatic heterocycles. The number of carbonyl (C=O) groups is 1. The van der Waals surface area contributed by atoms with E-state index >= 15 is 0 Å². The molecule has 1 saturated heterocycles. The van der Waals surface area contributed by atoms with E-state index in [9.17, 15) is 4.79 Å². The Kier molecular flexibility index (Phi) is 10.4. The first-order valence-corrected chi connectivity index (χ1v) is 17.8. The molecule has 2 aromatic heterocycles. The monoisotopic (exact) mass is 648 g/mol. The van der Waals surface area contributed by atoms with E-state index in [2.05, 4.69) is 121 Å². The smallest absolute Gasteiger partial charge is 0.138 e. The number of fused-ring (bicyclic) bond motifs is 1. The molecule has 7 heteroatoms. The number of methoxy groups -OCH3 is 1. The zero-order chi connectivity index (χ0) is 33.0. The van der Waals surface area contributed by atoms with Gasteiger partial charge < -0.3 is 4.74 Å². The lowest BCUT2D eigenvalue weighted by molar-refractivity contribution is -0.119. The number of ketones is 1. The number of aryl methyl sites for hydroxylation is 1. The van der Waals surface area contributed by atoms with Gasteiger partial charge in [-0.05, 0) is 77.6 Å². The minimum Gasteiger partial charge on any atom is -0.372 e. The van der Waals surface area contributed by atoms with Gasteiger partial charge in [0.1, 0.15) is 11.4 Å². The molecule has 6 nitrogen and oxygen atoms in total. The van der Waals surface area contributed by atoms with Gasteiger partial charge in [-0.3, -0.25) is 19.7 Å². The highest BCUT2D eigenvalue weighted by Gasteiger charge is 2.37. The van der Waals surface area contributed by atoms with Crippen molar-refractivity contribution in [3.8, 4) is 0 Å². The average Bonchev–Trinajstić information content (AvgIpc) is 3.73. The molecular weight excluding hydrogens is 601 g/mol. The van der Waals surface area contributed by atoms with Gasteiger partial charge in [0.25, 0.3) is 0 Å². The number of H-pyrrole nitrogens is 1. The molecule has 6 rings (SSSR count). The summed E-state index contributed by atoms with van der Waals surface area (Å²) < 4.78 is 5.89. The van der Waals surface area contributed by atoms with Gasteiger partial charge in [0.2, 0.25) is 0 Å². The molecule has 4 aromatic rings. The maximum atomic E-state index is 12.8. The van der Waals surface area contributed by atoms with Crippen LogP contribution >= 0.6 is 11.3 Å². The van der Waals surface area contributed by atoms with Crippen LogP contribution in [-0.4, -0.2) is 70.7 Å². The summed E-state index contributed by atoms with van der Waals surface area (Å²) in [6, 6.07) is 17.6. The zero-order valence-electron chi connectivity index (χ0n) is 28.4. The molecule has 0 saturated carbocycles. The van der Waals surface area contributed by atoms with Crippen LogP contribution in [0.3, 0.4) is 0 Å². The van der Waals surface area contributed by atoms with Crippen LogP contribution in [0.15, 0.2) is 78.2 Å². The molecule has 246 valence electrons. The maximum absolute atomic E-state index is 12.8. The summed E-state index contributed by atoms with van der Waals surface area (Å²) in [6.07, 6.45) is 14.1. The second-order valence-corrected chi connectivity index (χ2v) is 14.6. The van der Waals surface area contributed by atoms with Crippen LogP contribution in [0, 0.1) is 12.8 Å². The van der Waals surface area contributed by atoms with Gasteiger partial charge in [-0.1, -0.05) is 74.6 Å². The first kappa shape index (κ1) is 33.3. The van der Waals surface area contributed by atoms with Crippen molar-refractivity contribution in [2.24, 2.45) is 5.92 Å². The molecule has 0 bridgehead atoms. The number of piperazine rings is 1. The number of hydrogen-bond acceptors (Lipinski definition) is 6. The summed E-state index contributed by atoms with van der Waals surface area (Å²) in [6.45, 7) is 13.9. The van der Waals surface area contributed by atoms with Crippen molar-refractivity contribution in [3.63, 3.8) is 0 Å². The van der Waals surface area contributed by atoms with E-state index in [1.807, 2.05) is 24.6 Å². The summed E-state index contributed by atoms with van der Waals surface area (Å²) in [4.78, 5) is 19.0. The zero-order valence-corrected chi connectivity index (χ0v) is 29.2. The van der Waals surface area contributed by atoms with Crippen LogP contribution in [-0.2, 0) is 22.5 Å². The molecule has 2 aliphatic rings. The van der Waals surface area contributed by atoms with Crippen LogP contribution in [0.25, 0.3) is 23.1 Å². The van der Waals surface area contributed by atoms with Crippen molar-refractivity contribution < 1.29 is 9.53 Å². The van der Waals surface area contributed by atoms with Gasteiger partial charge in [0, 0.05) is 62.9 Å². The van der Waals surface area contributed by atoms with Crippen LogP contribution in [0.2, 0.25) is 0 Å². The van der Waals surface area contributed by atoms with E-state index in [4.69, 9.17) is 4.74 Å². The minimum absolute atomic E-state index is 0.252. The van der Waals surface area contributed by atoms with Crippen molar-refractivity contribution in [2.45, 2.75) is 64.6 Å². The van der Waals surface area contributed by atoms with Gasteiger partial charge in [0.05, 0.1) is 17.3 Å². The lowest BCUT2D eigenvalue weighted by atomic mass is 9.82. The predicted molar refractivity (Wildman–Crippen MR) is 196 cm³/mol. The Labute approximate surface area is 283 Å². The number of nitrogens with zero attached hydrogens (tertiary/aromatic N) is 3. The number of rotatable bonds is 12. The van der Waals surface area contributed by atoms with Crippen molar-refractivity contribution in [2.75, 3.05) is 33.3 Å². The third kappa shape index (κ3) is 7.76. The number of carbonyl (C=O) groups excluding carboxylic acids is 1. The summed E-state index contributed by atoms with van der Waals surface area (Å²) in [5.41, 5.74) is 6.71. The van der Waals surface area contributed by atoms with E-state index < -0.39 is 0 Å². The summed E-state index contributed by atoms with van der Waals surface area (Å²) in [5, 5.41) is 11.1. The summed E-state index contributed by atoms with van der Waals surface area (Å²) >= 11 is 1.66. The topological polar surface area (TPSA) is 61.5 Å². The number of allylic oxidation sites excluding steroid dienone is 2. The molecule has 3 heterocycles. The van der Waals surface area contributed by atoms with E-state index in [-0.39, 0.29) is 23.5 Å². The number of ether oxygens (including phenoxy) is 1. The molecule has 0 spiro atoms. The molecule has 1 fully saturated rings. The van der Waals surface area contributed by atoms with Crippen LogP contribution < -0.4 is 0 Å². The Bertz CT molecular complexity index is 1760. The molecule has 0 amide bonds. The fourth-order valence-electron chi connectivity index (χ4n) is 7.16. The number of hydrogen-bond donors (Lipinski definition) is 1. The molecule has 1 aliphatic carbocycles. The van der Waals surface area contributed by atoms with E-state index in [0.717, 1.165) is 54.2 Å². The molecule has 4 unspecified atom stereocenters. The number of aromatic amines is 1. The van der Waals surface area contributed by atoms with Gasteiger partial charge in [-0.2, -0.15) is 5.10 Å². The third-order valence-electron chi connectivity index (χ3n) is 10.3. The quantitative estimate of drug-likeness (QED) is 0.168. The van der Waals surface area contributed by atoms with E-state index in [1.165, 1.54) is 22.3 Å². The standard InChI is InChI=1S/C40H48N4O2S/c1-28(22-33(45)25-34-12-9-21-47-34)30(3)35-26-36-37(41-42-38(36)23-29(35)2)15-14-31-10-8-11-32(24-31)27-43-17-19-44(20-18-43)39-13-6-7-16-40(39,4)46-5/h6-16,21,23-24,26,28,30,39H,17-20,22,25,27H2,1-5H3,(H,41,42)/b15-14+. The second kappa shape index (κ2) is 14.7. The van der Waals surface area contributed by atoms with Crippen molar-refractivity contribution >= 4 is 40.2 Å². The Morgan fingerprint density at radius 3 is 2.70 bits per heavy atom. The van der Waals surface area contributed by atoms with Crippen LogP contribution in [0.4, 0.5) is 0 Å². The van der Waals surface area contributed by atoms with E-state index in [1.54, 1.807) is 11.3 Å². The third-order valence-corrected chi connectivity index (χ3v) is 11.2. The van der Waals surface area contributed by atoms with Gasteiger partial charge >= 0.3 is 0 Å². The second-order valence-electron chi connectivity index (χ2n) is 13.6. The number of aromatic nitrogens is 2. The highest BCUT2D eigenvalue weighted by Crippen LogP contribution is 2.33. The van der Waals surface area contributed by atoms with Gasteiger partial charge in [-0.25, -0.2) is 0 Å². The number of thiophene rings is 1. The lowest BCUT2D eigenvalue weighted by Crippen LogP contribution is -2.57. The largest absolute Gasteiger partial charge is 0.372 e. The van der Waals surface area contributed by atoms with Gasteiger partial charge in [0.15, 0.2) is 0 Å². The van der Waals surface area contributed by atoms with Crippen LogP contribution in [0.1, 0.15) is 65.9 Å². The SMILES string of the molecule is COC1(C)C=CC=CC1N1CCN(Cc2cccc(/C=C/c3n[nH]c4cc(C)c(C(C)C(C)CC(=O)Cc5cccs5)cc34)c2)CC1. The molecular formula is C40H48N4O2S. The fourth-order valence-corrected chi connectivity index (χ4v) is 7.89. The Balaban J connectivity index is 1.09. The summed E-state index contributed by atoms with van der Waals surface area (Å²) in [7, 11) is 1.81. The Hall–Kier alpha value is -3.62. The predicted octanol–water partition coefficient (Wildman–Crippen LogP) is 8.06. The maximum Gasteiger partial charge on any atom is 0.138 e. The highest BCUT2D eigenvalue weighted by molar-refractivity contribution is 7.10. The van der Waals surface area contributed by atoms with E-state index in [0.29, 0.717) is 18.6 Å². The Morgan fingerprint density at radius 1 is 1.11 bits per heavy atom. The average molecular weight is 649 g/mol. The normalized spacial score (nSPS) is 21.9. The number of Topliss-reactive ketones (excluding diaryl/α,β-unsaturated/α-hetero) is 1. The van der Waals surface area contributed by atoms with Crippen LogP contribution in [0.5, 0.6) is 0 Å². The van der Waals surface area contributed by atoms with Crippen molar-refractivity contribution in [1.29, 1.82) is 0 Å². The first-order chi connectivity index (χ1) is 22.7.